The monoisotopic (exact) mass is 231 g/mol. The summed E-state index contributed by atoms with van der Waals surface area (Å²) in [7, 11) is 3.86. The highest BCUT2D eigenvalue weighted by molar-refractivity contribution is 5.98. The summed E-state index contributed by atoms with van der Waals surface area (Å²) in [6, 6.07) is 3.79. The van der Waals surface area contributed by atoms with Gasteiger partial charge in [-0.05, 0) is 12.1 Å². The molecule has 1 aliphatic rings. The van der Waals surface area contributed by atoms with Gasteiger partial charge in [-0.1, -0.05) is 6.08 Å². The van der Waals surface area contributed by atoms with Crippen molar-refractivity contribution in [3.63, 3.8) is 0 Å². The minimum absolute atomic E-state index is 0.144. The van der Waals surface area contributed by atoms with Crippen LogP contribution in [0.25, 0.3) is 0 Å². The Hall–Kier alpha value is -1.84. The molecule has 1 aromatic heterocycles. The standard InChI is InChI=1S/C13H17N3O/c1-4-10-8-12(17)16(9-10)11-6-5-7-14-13(11)15(2)3/h4-7,10H,1,8-9H2,2-3H3. The molecule has 4 heteroatoms. The van der Waals surface area contributed by atoms with E-state index in [-0.39, 0.29) is 11.8 Å². The Morgan fingerprint density at radius 3 is 2.94 bits per heavy atom. The predicted molar refractivity (Wildman–Crippen MR) is 69.2 cm³/mol. The van der Waals surface area contributed by atoms with E-state index in [4.69, 9.17) is 0 Å². The number of aromatic nitrogens is 1. The predicted octanol–water partition coefficient (Wildman–Crippen LogP) is 1.69. The van der Waals surface area contributed by atoms with Crippen molar-refractivity contribution in [2.75, 3.05) is 30.4 Å². The lowest BCUT2D eigenvalue weighted by Crippen LogP contribution is -2.27. The van der Waals surface area contributed by atoms with Crippen molar-refractivity contribution in [1.82, 2.24) is 4.98 Å². The molecule has 0 spiro atoms. The Labute approximate surface area is 102 Å². The van der Waals surface area contributed by atoms with Crippen molar-refractivity contribution in [3.05, 3.63) is 31.0 Å². The van der Waals surface area contributed by atoms with E-state index in [2.05, 4.69) is 11.6 Å². The van der Waals surface area contributed by atoms with Crippen LogP contribution in [0.15, 0.2) is 31.0 Å². The van der Waals surface area contributed by atoms with Gasteiger partial charge in [0.1, 0.15) is 0 Å². The van der Waals surface area contributed by atoms with Crippen molar-refractivity contribution in [2.45, 2.75) is 6.42 Å². The average Bonchev–Trinajstić information content (AvgIpc) is 2.70. The second-order valence-corrected chi connectivity index (χ2v) is 4.44. The van der Waals surface area contributed by atoms with Gasteiger partial charge >= 0.3 is 0 Å². The van der Waals surface area contributed by atoms with Gasteiger partial charge in [-0.15, -0.1) is 6.58 Å². The minimum atomic E-state index is 0.144. The normalized spacial score (nSPS) is 19.5. The smallest absolute Gasteiger partial charge is 0.227 e. The molecule has 0 aliphatic carbocycles. The van der Waals surface area contributed by atoms with Gasteiger partial charge in [-0.25, -0.2) is 4.98 Å². The van der Waals surface area contributed by atoms with Gasteiger partial charge in [-0.2, -0.15) is 0 Å². The van der Waals surface area contributed by atoms with Crippen LogP contribution >= 0.6 is 0 Å². The molecule has 1 aliphatic heterocycles. The maximum absolute atomic E-state index is 12.0. The van der Waals surface area contributed by atoms with Crippen molar-refractivity contribution in [3.8, 4) is 0 Å². The van der Waals surface area contributed by atoms with Crippen LogP contribution in [0.1, 0.15) is 6.42 Å². The topological polar surface area (TPSA) is 36.4 Å². The number of rotatable bonds is 3. The van der Waals surface area contributed by atoms with Crippen molar-refractivity contribution in [2.24, 2.45) is 5.92 Å². The average molecular weight is 231 g/mol. The van der Waals surface area contributed by atoms with Gasteiger partial charge < -0.3 is 9.80 Å². The first-order valence-corrected chi connectivity index (χ1v) is 5.68. The molecule has 0 bridgehead atoms. The zero-order valence-electron chi connectivity index (χ0n) is 10.3. The summed E-state index contributed by atoms with van der Waals surface area (Å²) in [5, 5.41) is 0. The fraction of sp³-hybridized carbons (Fsp3) is 0.385. The Kier molecular flexibility index (Phi) is 3.13. The van der Waals surface area contributed by atoms with Gasteiger partial charge in [-0.3, -0.25) is 4.79 Å². The number of pyridine rings is 1. The van der Waals surface area contributed by atoms with Crippen molar-refractivity contribution in [1.29, 1.82) is 0 Å². The summed E-state index contributed by atoms with van der Waals surface area (Å²) in [6.07, 6.45) is 4.14. The van der Waals surface area contributed by atoms with Crippen LogP contribution in [0, 0.1) is 5.92 Å². The molecule has 2 rings (SSSR count). The summed E-state index contributed by atoms with van der Waals surface area (Å²) in [4.78, 5) is 20.0. The SMILES string of the molecule is C=CC1CC(=O)N(c2cccnc2N(C)C)C1. The van der Waals surface area contributed by atoms with Crippen LogP contribution in [0.5, 0.6) is 0 Å². The molecule has 17 heavy (non-hydrogen) atoms. The van der Waals surface area contributed by atoms with E-state index in [1.165, 1.54) is 0 Å². The van der Waals surface area contributed by atoms with E-state index < -0.39 is 0 Å². The maximum atomic E-state index is 12.0. The van der Waals surface area contributed by atoms with Crippen LogP contribution in [0.2, 0.25) is 0 Å². The molecule has 90 valence electrons. The Balaban J connectivity index is 2.34. The summed E-state index contributed by atoms with van der Waals surface area (Å²) < 4.78 is 0. The van der Waals surface area contributed by atoms with E-state index in [9.17, 15) is 4.79 Å². The van der Waals surface area contributed by atoms with Crippen molar-refractivity contribution < 1.29 is 4.79 Å². The molecule has 0 aromatic carbocycles. The molecular formula is C13H17N3O. The van der Waals surface area contributed by atoms with Crippen molar-refractivity contribution >= 4 is 17.4 Å². The quantitative estimate of drug-likeness (QED) is 0.743. The first-order valence-electron chi connectivity index (χ1n) is 5.68. The molecule has 0 saturated carbocycles. The number of hydrogen-bond donors (Lipinski definition) is 0. The summed E-state index contributed by atoms with van der Waals surface area (Å²) >= 11 is 0. The lowest BCUT2D eigenvalue weighted by molar-refractivity contribution is -0.117. The highest BCUT2D eigenvalue weighted by Crippen LogP contribution is 2.31. The highest BCUT2D eigenvalue weighted by Gasteiger charge is 2.30. The highest BCUT2D eigenvalue weighted by atomic mass is 16.2. The molecule has 1 unspecified atom stereocenters. The van der Waals surface area contributed by atoms with Crippen LogP contribution in [0.4, 0.5) is 11.5 Å². The Morgan fingerprint density at radius 2 is 2.35 bits per heavy atom. The fourth-order valence-corrected chi connectivity index (χ4v) is 2.07. The second-order valence-electron chi connectivity index (χ2n) is 4.44. The summed E-state index contributed by atoms with van der Waals surface area (Å²) in [6.45, 7) is 4.46. The molecule has 4 nitrogen and oxygen atoms in total. The third-order valence-electron chi connectivity index (χ3n) is 2.97. The van der Waals surface area contributed by atoms with E-state index in [1.54, 1.807) is 11.1 Å². The van der Waals surface area contributed by atoms with E-state index >= 15 is 0 Å². The van der Waals surface area contributed by atoms with Gasteiger partial charge in [0.15, 0.2) is 5.82 Å². The molecular weight excluding hydrogens is 214 g/mol. The lowest BCUT2D eigenvalue weighted by atomic mass is 10.1. The van der Waals surface area contributed by atoms with Crippen LogP contribution in [-0.4, -0.2) is 31.5 Å². The number of amides is 1. The van der Waals surface area contributed by atoms with Gasteiger partial charge in [0, 0.05) is 39.2 Å². The fourth-order valence-electron chi connectivity index (χ4n) is 2.07. The second kappa shape index (κ2) is 4.57. The molecule has 2 heterocycles. The Bertz CT molecular complexity index is 442. The number of nitrogens with zero attached hydrogens (tertiary/aromatic N) is 3. The first-order chi connectivity index (χ1) is 8.13. The Morgan fingerprint density at radius 1 is 1.59 bits per heavy atom. The van der Waals surface area contributed by atoms with E-state index in [1.807, 2.05) is 37.2 Å². The third kappa shape index (κ3) is 2.16. The molecule has 0 N–H and O–H groups in total. The number of hydrogen-bond acceptors (Lipinski definition) is 3. The van der Waals surface area contributed by atoms with E-state index in [0.717, 1.165) is 11.5 Å². The van der Waals surface area contributed by atoms with E-state index in [0.29, 0.717) is 13.0 Å². The molecule has 1 fully saturated rings. The molecule has 1 atom stereocenters. The largest absolute Gasteiger partial charge is 0.361 e. The van der Waals surface area contributed by atoms with Crippen LogP contribution < -0.4 is 9.80 Å². The third-order valence-corrected chi connectivity index (χ3v) is 2.97. The first kappa shape index (κ1) is 11.6. The number of carbonyl (C=O) groups is 1. The summed E-state index contributed by atoms with van der Waals surface area (Å²) in [5.74, 6) is 1.22. The number of carbonyl (C=O) groups excluding carboxylic acids is 1. The minimum Gasteiger partial charge on any atom is -0.361 e. The summed E-state index contributed by atoms with van der Waals surface area (Å²) in [5.41, 5.74) is 0.881. The number of anilines is 2. The molecule has 1 amide bonds. The maximum Gasteiger partial charge on any atom is 0.227 e. The van der Waals surface area contributed by atoms with Gasteiger partial charge in [0.05, 0.1) is 5.69 Å². The van der Waals surface area contributed by atoms with Gasteiger partial charge in [0.25, 0.3) is 0 Å². The van der Waals surface area contributed by atoms with Crippen LogP contribution in [0.3, 0.4) is 0 Å². The molecule has 0 radical (unpaired) electrons. The molecule has 1 saturated heterocycles. The zero-order valence-corrected chi connectivity index (χ0v) is 10.3. The lowest BCUT2D eigenvalue weighted by Gasteiger charge is -2.22. The molecule has 1 aromatic rings. The van der Waals surface area contributed by atoms with Crippen LogP contribution in [-0.2, 0) is 4.79 Å². The zero-order chi connectivity index (χ0) is 12.4. The van der Waals surface area contributed by atoms with Gasteiger partial charge in [0.2, 0.25) is 5.91 Å².